The highest BCUT2D eigenvalue weighted by atomic mass is 16.2. The minimum atomic E-state index is 0.834. The van der Waals surface area contributed by atoms with Gasteiger partial charge in [-0.1, -0.05) is 30.3 Å². The third-order valence-corrected chi connectivity index (χ3v) is 1.95. The van der Waals surface area contributed by atoms with Crippen LogP contribution in [-0.4, -0.2) is 5.11 Å². The van der Waals surface area contributed by atoms with Gasteiger partial charge >= 0.3 is 0 Å². The van der Waals surface area contributed by atoms with Crippen LogP contribution in [0.2, 0.25) is 0 Å². The van der Waals surface area contributed by atoms with Crippen LogP contribution in [0.1, 0.15) is 5.56 Å². The van der Waals surface area contributed by atoms with Crippen molar-refractivity contribution in [3.05, 3.63) is 48.0 Å². The molecular weight excluding hydrogens is 160 g/mol. The maximum absolute atomic E-state index is 8.43. The van der Waals surface area contributed by atoms with E-state index in [1.807, 2.05) is 48.6 Å². The zero-order valence-electron chi connectivity index (χ0n) is 6.99. The molecule has 1 nitrogen and oxygen atoms in total. The fraction of sp³-hybridized carbons (Fsp3) is 0. The van der Waals surface area contributed by atoms with E-state index in [1.165, 1.54) is 5.39 Å². The van der Waals surface area contributed by atoms with Crippen molar-refractivity contribution < 1.29 is 5.11 Å². The van der Waals surface area contributed by atoms with Crippen LogP contribution in [0.4, 0.5) is 0 Å². The summed E-state index contributed by atoms with van der Waals surface area (Å²) in [6.07, 6.45) is 1.90. The first-order chi connectivity index (χ1) is 6.40. The van der Waals surface area contributed by atoms with Gasteiger partial charge in [-0.25, -0.2) is 0 Å². The van der Waals surface area contributed by atoms with E-state index in [-0.39, 0.29) is 0 Å². The molecule has 0 amide bonds. The van der Waals surface area contributed by atoms with Crippen LogP contribution in [0.3, 0.4) is 0 Å². The summed E-state index contributed by atoms with van der Waals surface area (Å²) >= 11 is 0. The largest absolute Gasteiger partial charge is 0.462 e. The number of rotatable bonds is 0. The quantitative estimate of drug-likeness (QED) is 0.599. The number of hydrogen-bond donors (Lipinski definition) is 1. The molecule has 13 heavy (non-hydrogen) atoms. The second kappa shape index (κ2) is 3.20. The molecule has 2 aromatic rings. The molecule has 0 aromatic heterocycles. The van der Waals surface area contributed by atoms with E-state index in [1.54, 1.807) is 0 Å². The summed E-state index contributed by atoms with van der Waals surface area (Å²) < 4.78 is 0. The van der Waals surface area contributed by atoms with Crippen LogP contribution in [0.5, 0.6) is 0 Å². The van der Waals surface area contributed by atoms with Crippen LogP contribution in [0, 0.1) is 12.0 Å². The average molecular weight is 168 g/mol. The molecule has 2 rings (SSSR count). The van der Waals surface area contributed by atoms with Crippen LogP contribution < -0.4 is 0 Å². The van der Waals surface area contributed by atoms with Crippen molar-refractivity contribution in [1.82, 2.24) is 0 Å². The molecular formula is C12H8O. The number of benzene rings is 2. The van der Waals surface area contributed by atoms with Gasteiger partial charge in [0, 0.05) is 5.56 Å². The van der Waals surface area contributed by atoms with Gasteiger partial charge in [-0.15, -0.1) is 0 Å². The van der Waals surface area contributed by atoms with Crippen molar-refractivity contribution in [1.29, 1.82) is 0 Å². The van der Waals surface area contributed by atoms with E-state index in [4.69, 9.17) is 5.11 Å². The Morgan fingerprint density at radius 1 is 0.923 bits per heavy atom. The molecule has 0 aliphatic carbocycles. The van der Waals surface area contributed by atoms with Gasteiger partial charge in [-0.05, 0) is 28.8 Å². The second-order valence-corrected chi connectivity index (χ2v) is 2.80. The molecule has 0 aliphatic rings. The highest BCUT2D eigenvalue weighted by molar-refractivity contribution is 5.83. The molecule has 0 radical (unpaired) electrons. The predicted octanol–water partition coefficient (Wildman–Crippen LogP) is 2.52. The van der Waals surface area contributed by atoms with E-state index in [9.17, 15) is 0 Å². The van der Waals surface area contributed by atoms with Gasteiger partial charge in [0.2, 0.25) is 0 Å². The summed E-state index contributed by atoms with van der Waals surface area (Å²) in [5.74, 6) is 2.61. The molecule has 0 fully saturated rings. The lowest BCUT2D eigenvalue weighted by Gasteiger charge is -1.96. The van der Waals surface area contributed by atoms with Gasteiger partial charge in [-0.2, -0.15) is 0 Å². The summed E-state index contributed by atoms with van der Waals surface area (Å²) in [7, 11) is 0. The standard InChI is InChI=1S/C12H8O/c13-8-7-10-5-6-11-3-1-2-4-12(11)9-10/h1-6,9,13H. The van der Waals surface area contributed by atoms with Gasteiger partial charge < -0.3 is 5.11 Å². The van der Waals surface area contributed by atoms with E-state index in [0.29, 0.717) is 0 Å². The molecule has 62 valence electrons. The Kier molecular flexibility index (Phi) is 1.90. The van der Waals surface area contributed by atoms with Crippen LogP contribution in [-0.2, 0) is 0 Å². The fourth-order valence-electron chi connectivity index (χ4n) is 1.33. The summed E-state index contributed by atoms with van der Waals surface area (Å²) in [6, 6.07) is 13.9. The zero-order chi connectivity index (χ0) is 9.10. The number of aliphatic hydroxyl groups excluding tert-OH is 1. The molecule has 0 bridgehead atoms. The summed E-state index contributed by atoms with van der Waals surface area (Å²) in [5.41, 5.74) is 0.834. The smallest absolute Gasteiger partial charge is 0.113 e. The Morgan fingerprint density at radius 2 is 1.69 bits per heavy atom. The molecule has 0 atom stereocenters. The van der Waals surface area contributed by atoms with Gasteiger partial charge in [0.15, 0.2) is 0 Å². The van der Waals surface area contributed by atoms with Crippen LogP contribution in [0.15, 0.2) is 42.5 Å². The molecule has 1 heteroatoms. The first-order valence-corrected chi connectivity index (χ1v) is 4.04. The lowest BCUT2D eigenvalue weighted by molar-refractivity contribution is 0.517. The van der Waals surface area contributed by atoms with Crippen molar-refractivity contribution in [2.24, 2.45) is 0 Å². The third kappa shape index (κ3) is 1.47. The third-order valence-electron chi connectivity index (χ3n) is 1.95. The molecule has 0 unspecified atom stereocenters. The van der Waals surface area contributed by atoms with Crippen molar-refractivity contribution >= 4 is 10.8 Å². The molecule has 2 aromatic carbocycles. The normalized spacial score (nSPS) is 9.23. The van der Waals surface area contributed by atoms with Crippen LogP contribution >= 0.6 is 0 Å². The van der Waals surface area contributed by atoms with Crippen molar-refractivity contribution in [3.63, 3.8) is 0 Å². The highest BCUT2D eigenvalue weighted by Gasteiger charge is 1.92. The number of hydrogen-bond acceptors (Lipinski definition) is 1. The molecule has 1 N–H and O–H groups in total. The predicted molar refractivity (Wildman–Crippen MR) is 52.8 cm³/mol. The van der Waals surface area contributed by atoms with Crippen molar-refractivity contribution in [3.8, 4) is 12.0 Å². The van der Waals surface area contributed by atoms with E-state index < -0.39 is 0 Å². The molecule has 0 heterocycles. The summed E-state index contributed by atoms with van der Waals surface area (Å²) in [6.45, 7) is 0. The second-order valence-electron chi connectivity index (χ2n) is 2.80. The van der Waals surface area contributed by atoms with Crippen molar-refractivity contribution in [2.75, 3.05) is 0 Å². The van der Waals surface area contributed by atoms with E-state index >= 15 is 0 Å². The first kappa shape index (κ1) is 7.70. The van der Waals surface area contributed by atoms with Gasteiger partial charge in [0.05, 0.1) is 0 Å². The Morgan fingerprint density at radius 3 is 2.46 bits per heavy atom. The molecule has 0 saturated heterocycles. The lowest BCUT2D eigenvalue weighted by Crippen LogP contribution is -1.75. The Labute approximate surface area is 76.6 Å². The average Bonchev–Trinajstić information content (AvgIpc) is 2.18. The minimum Gasteiger partial charge on any atom is -0.462 e. The highest BCUT2D eigenvalue weighted by Crippen LogP contribution is 2.14. The summed E-state index contributed by atoms with van der Waals surface area (Å²) in [5, 5.41) is 10.8. The van der Waals surface area contributed by atoms with Gasteiger partial charge in [-0.3, -0.25) is 0 Å². The van der Waals surface area contributed by atoms with Gasteiger partial charge in [0.1, 0.15) is 6.11 Å². The maximum atomic E-state index is 8.43. The topological polar surface area (TPSA) is 20.2 Å². The first-order valence-electron chi connectivity index (χ1n) is 4.04. The molecule has 0 aliphatic heterocycles. The number of fused-ring (bicyclic) bond motifs is 1. The van der Waals surface area contributed by atoms with E-state index in [2.05, 4.69) is 5.92 Å². The Hall–Kier alpha value is -1.94. The fourth-order valence-corrected chi connectivity index (χ4v) is 1.33. The lowest BCUT2D eigenvalue weighted by atomic mass is 10.1. The number of aliphatic hydroxyl groups is 1. The summed E-state index contributed by atoms with van der Waals surface area (Å²) in [4.78, 5) is 0. The molecule has 0 spiro atoms. The monoisotopic (exact) mass is 168 g/mol. The van der Waals surface area contributed by atoms with Gasteiger partial charge in [0.25, 0.3) is 0 Å². The van der Waals surface area contributed by atoms with Crippen molar-refractivity contribution in [2.45, 2.75) is 0 Å². The molecule has 0 saturated carbocycles. The Balaban J connectivity index is 2.66. The van der Waals surface area contributed by atoms with E-state index in [0.717, 1.165) is 10.9 Å². The SMILES string of the molecule is OC#Cc1ccc2ccccc2c1. The Bertz CT molecular complexity index is 489. The maximum Gasteiger partial charge on any atom is 0.113 e. The zero-order valence-corrected chi connectivity index (χ0v) is 6.99. The minimum absolute atomic E-state index is 0.834. The van der Waals surface area contributed by atoms with Crippen LogP contribution in [0.25, 0.3) is 10.8 Å².